The van der Waals surface area contributed by atoms with Crippen LogP contribution in [0.5, 0.6) is 0 Å². The first-order valence-electron chi connectivity index (χ1n) is 7.87. The van der Waals surface area contributed by atoms with Crippen LogP contribution in [-0.2, 0) is 6.54 Å². The highest BCUT2D eigenvalue weighted by molar-refractivity contribution is 5.58. The van der Waals surface area contributed by atoms with Crippen LogP contribution in [0.3, 0.4) is 0 Å². The van der Waals surface area contributed by atoms with Gasteiger partial charge in [0.1, 0.15) is 12.4 Å². The molecule has 0 bridgehead atoms. The maximum atomic E-state index is 13.7. The minimum Gasteiger partial charge on any atom is -0.337 e. The summed E-state index contributed by atoms with van der Waals surface area (Å²) in [7, 11) is 0. The largest absolute Gasteiger partial charge is 0.337 e. The smallest absolute Gasteiger partial charge is 0.248 e. The minimum atomic E-state index is -0.288. The molecule has 5 nitrogen and oxygen atoms in total. The van der Waals surface area contributed by atoms with Crippen molar-refractivity contribution in [1.82, 2.24) is 19.9 Å². The van der Waals surface area contributed by atoms with Crippen molar-refractivity contribution < 1.29 is 8.91 Å². The molecule has 2 aromatic heterocycles. The standard InChI is InChI=1S/C19H15FN4O/c1-13-7-8-15(11-16(13)20)19-21-18(25-23-19)12-24-10-9-17(22-24)14-5-3-2-4-6-14/h2-11H,12H2,1H3. The van der Waals surface area contributed by atoms with Crippen molar-refractivity contribution in [2.75, 3.05) is 0 Å². The number of aryl methyl sites for hydroxylation is 1. The molecule has 0 aliphatic rings. The molecule has 4 aromatic rings. The van der Waals surface area contributed by atoms with Crippen molar-refractivity contribution in [3.8, 4) is 22.6 Å². The van der Waals surface area contributed by atoms with E-state index in [-0.39, 0.29) is 5.82 Å². The highest BCUT2D eigenvalue weighted by Crippen LogP contribution is 2.20. The van der Waals surface area contributed by atoms with Gasteiger partial charge in [-0.25, -0.2) is 4.39 Å². The number of aromatic nitrogens is 4. The van der Waals surface area contributed by atoms with Crippen molar-refractivity contribution in [3.05, 3.63) is 78.1 Å². The zero-order valence-corrected chi connectivity index (χ0v) is 13.6. The zero-order chi connectivity index (χ0) is 17.2. The Bertz CT molecular complexity index is 1010. The molecule has 0 radical (unpaired) electrons. The van der Waals surface area contributed by atoms with Crippen LogP contribution in [-0.4, -0.2) is 19.9 Å². The maximum Gasteiger partial charge on any atom is 0.248 e. The number of nitrogens with zero attached hydrogens (tertiary/aromatic N) is 4. The van der Waals surface area contributed by atoms with Crippen LogP contribution >= 0.6 is 0 Å². The van der Waals surface area contributed by atoms with Gasteiger partial charge in [-0.3, -0.25) is 4.68 Å². The molecule has 25 heavy (non-hydrogen) atoms. The number of benzene rings is 2. The molecule has 2 heterocycles. The van der Waals surface area contributed by atoms with Gasteiger partial charge in [-0.1, -0.05) is 47.6 Å². The third kappa shape index (κ3) is 3.19. The molecule has 0 spiro atoms. The van der Waals surface area contributed by atoms with Gasteiger partial charge in [0.15, 0.2) is 0 Å². The fourth-order valence-electron chi connectivity index (χ4n) is 2.52. The maximum absolute atomic E-state index is 13.7. The third-order valence-corrected chi connectivity index (χ3v) is 3.91. The first-order valence-corrected chi connectivity index (χ1v) is 7.87. The summed E-state index contributed by atoms with van der Waals surface area (Å²) < 4.78 is 20.7. The van der Waals surface area contributed by atoms with Crippen LogP contribution in [0.4, 0.5) is 4.39 Å². The van der Waals surface area contributed by atoms with Crippen molar-refractivity contribution in [1.29, 1.82) is 0 Å². The Balaban J connectivity index is 1.53. The number of rotatable bonds is 4. The summed E-state index contributed by atoms with van der Waals surface area (Å²) in [4.78, 5) is 4.32. The fourth-order valence-corrected chi connectivity index (χ4v) is 2.52. The van der Waals surface area contributed by atoms with Gasteiger partial charge in [0, 0.05) is 17.3 Å². The topological polar surface area (TPSA) is 56.7 Å². The van der Waals surface area contributed by atoms with Gasteiger partial charge in [0.2, 0.25) is 11.7 Å². The van der Waals surface area contributed by atoms with E-state index in [4.69, 9.17) is 4.52 Å². The minimum absolute atomic E-state index is 0.288. The van der Waals surface area contributed by atoms with Crippen molar-refractivity contribution >= 4 is 0 Å². The van der Waals surface area contributed by atoms with Crippen LogP contribution in [0.2, 0.25) is 0 Å². The van der Waals surface area contributed by atoms with Crippen molar-refractivity contribution in [2.45, 2.75) is 13.5 Å². The molecule has 6 heteroatoms. The van der Waals surface area contributed by atoms with Crippen LogP contribution in [0.1, 0.15) is 11.5 Å². The van der Waals surface area contributed by atoms with Crippen LogP contribution in [0.25, 0.3) is 22.6 Å². The van der Waals surface area contributed by atoms with E-state index in [9.17, 15) is 4.39 Å². The molecule has 0 amide bonds. The van der Waals surface area contributed by atoms with Crippen LogP contribution < -0.4 is 0 Å². The summed E-state index contributed by atoms with van der Waals surface area (Å²) in [6, 6.07) is 16.7. The Morgan fingerprint density at radius 3 is 2.68 bits per heavy atom. The number of halogens is 1. The molecule has 0 unspecified atom stereocenters. The molecule has 0 fully saturated rings. The lowest BCUT2D eigenvalue weighted by Crippen LogP contribution is -2.00. The molecule has 0 N–H and O–H groups in total. The first-order chi connectivity index (χ1) is 12.2. The highest BCUT2D eigenvalue weighted by Gasteiger charge is 2.11. The summed E-state index contributed by atoms with van der Waals surface area (Å²) in [5, 5.41) is 8.44. The average molecular weight is 334 g/mol. The van der Waals surface area contributed by atoms with Crippen LogP contribution in [0, 0.1) is 12.7 Å². The summed E-state index contributed by atoms with van der Waals surface area (Å²) in [5.41, 5.74) is 3.09. The van der Waals surface area contributed by atoms with Crippen molar-refractivity contribution in [3.63, 3.8) is 0 Å². The van der Waals surface area contributed by atoms with E-state index in [1.54, 1.807) is 23.7 Å². The second-order valence-electron chi connectivity index (χ2n) is 5.74. The molecule has 4 rings (SSSR count). The Kier molecular flexibility index (Phi) is 3.85. The zero-order valence-electron chi connectivity index (χ0n) is 13.6. The Morgan fingerprint density at radius 1 is 1.04 bits per heavy atom. The quantitative estimate of drug-likeness (QED) is 0.564. The molecular formula is C19H15FN4O. The second kappa shape index (κ2) is 6.32. The molecule has 0 atom stereocenters. The molecule has 124 valence electrons. The Morgan fingerprint density at radius 2 is 1.88 bits per heavy atom. The van der Waals surface area contributed by atoms with Gasteiger partial charge in [-0.15, -0.1) is 0 Å². The van der Waals surface area contributed by atoms with Gasteiger partial charge in [-0.2, -0.15) is 10.1 Å². The summed E-state index contributed by atoms with van der Waals surface area (Å²) in [6.07, 6.45) is 1.86. The predicted molar refractivity (Wildman–Crippen MR) is 91.2 cm³/mol. The molecule has 0 aliphatic carbocycles. The van der Waals surface area contributed by atoms with E-state index >= 15 is 0 Å². The van der Waals surface area contributed by atoms with Gasteiger partial charge >= 0.3 is 0 Å². The van der Waals surface area contributed by atoms with Gasteiger partial charge < -0.3 is 4.52 Å². The van der Waals surface area contributed by atoms with Crippen molar-refractivity contribution in [2.24, 2.45) is 0 Å². The van der Waals surface area contributed by atoms with Gasteiger partial charge in [0.05, 0.1) is 5.69 Å². The van der Waals surface area contributed by atoms with E-state index in [2.05, 4.69) is 15.2 Å². The first kappa shape index (κ1) is 15.3. The molecule has 2 aromatic carbocycles. The molecule has 0 saturated heterocycles. The normalized spacial score (nSPS) is 11.0. The summed E-state index contributed by atoms with van der Waals surface area (Å²) >= 11 is 0. The lowest BCUT2D eigenvalue weighted by atomic mass is 10.1. The molecular weight excluding hydrogens is 319 g/mol. The highest BCUT2D eigenvalue weighted by atomic mass is 19.1. The third-order valence-electron chi connectivity index (χ3n) is 3.91. The number of hydrogen-bond donors (Lipinski definition) is 0. The van der Waals surface area contributed by atoms with Gasteiger partial charge in [-0.05, 0) is 24.6 Å². The van der Waals surface area contributed by atoms with E-state index in [0.717, 1.165) is 11.3 Å². The lowest BCUT2D eigenvalue weighted by molar-refractivity contribution is 0.366. The Labute approximate surface area is 143 Å². The second-order valence-corrected chi connectivity index (χ2v) is 5.74. The Hall–Kier alpha value is -3.28. The van der Waals surface area contributed by atoms with E-state index < -0.39 is 0 Å². The lowest BCUT2D eigenvalue weighted by Gasteiger charge is -1.98. The fraction of sp³-hybridized carbons (Fsp3) is 0.105. The van der Waals surface area contributed by atoms with Gasteiger partial charge in [0.25, 0.3) is 0 Å². The SMILES string of the molecule is Cc1ccc(-c2noc(Cn3ccc(-c4ccccc4)n3)n2)cc1F. The van der Waals surface area contributed by atoms with Crippen LogP contribution in [0.15, 0.2) is 65.3 Å². The molecule has 0 saturated carbocycles. The monoisotopic (exact) mass is 334 g/mol. The summed E-state index contributed by atoms with van der Waals surface area (Å²) in [6.45, 7) is 2.07. The summed E-state index contributed by atoms with van der Waals surface area (Å²) in [5.74, 6) is 0.492. The number of hydrogen-bond acceptors (Lipinski definition) is 4. The molecule has 0 aliphatic heterocycles. The van der Waals surface area contributed by atoms with E-state index in [1.807, 2.05) is 42.6 Å². The average Bonchev–Trinajstić information content (AvgIpc) is 3.28. The predicted octanol–water partition coefficient (Wildman–Crippen LogP) is 4.10. The van der Waals surface area contributed by atoms with E-state index in [0.29, 0.717) is 29.4 Å². The van der Waals surface area contributed by atoms with E-state index in [1.165, 1.54) is 6.07 Å².